The second-order valence-corrected chi connectivity index (χ2v) is 10.4. The maximum atomic E-state index is 13.2. The summed E-state index contributed by atoms with van der Waals surface area (Å²) < 4.78 is 29.3. The number of rotatable bonds is 4. The van der Waals surface area contributed by atoms with Crippen molar-refractivity contribution in [3.8, 4) is 0 Å². The van der Waals surface area contributed by atoms with Crippen LogP contribution in [-0.2, 0) is 10.0 Å². The van der Waals surface area contributed by atoms with Gasteiger partial charge in [-0.2, -0.15) is 18.9 Å². The van der Waals surface area contributed by atoms with Gasteiger partial charge in [0.05, 0.1) is 4.90 Å². The molecule has 2 fully saturated rings. The molecule has 0 atom stereocenters. The zero-order chi connectivity index (χ0) is 23.0. The number of carbonyl (C=O) groups is 1. The van der Waals surface area contributed by atoms with E-state index in [2.05, 4.69) is 20.0 Å². The van der Waals surface area contributed by atoms with Crippen molar-refractivity contribution in [2.24, 2.45) is 0 Å². The highest BCUT2D eigenvalue weighted by Gasteiger charge is 2.28. The molecule has 0 unspecified atom stereocenters. The molecule has 2 saturated heterocycles. The quantitative estimate of drug-likeness (QED) is 0.571. The number of hydrogen-bond acceptors (Lipinski definition) is 7. The maximum Gasteiger partial charge on any atom is 0.254 e. The van der Waals surface area contributed by atoms with E-state index in [1.165, 1.54) is 16.7 Å². The minimum atomic E-state index is -3.58. The van der Waals surface area contributed by atoms with Crippen LogP contribution in [0.4, 0.5) is 5.82 Å². The second-order valence-electron chi connectivity index (χ2n) is 8.50. The van der Waals surface area contributed by atoms with Crippen LogP contribution in [0.5, 0.6) is 0 Å². The van der Waals surface area contributed by atoms with Crippen molar-refractivity contribution in [1.82, 2.24) is 28.8 Å². The van der Waals surface area contributed by atoms with E-state index < -0.39 is 10.0 Å². The summed E-state index contributed by atoms with van der Waals surface area (Å²) >= 11 is 0. The third-order valence-electron chi connectivity index (χ3n) is 6.29. The molecule has 2 aliphatic heterocycles. The van der Waals surface area contributed by atoms with Crippen LogP contribution < -0.4 is 4.90 Å². The van der Waals surface area contributed by atoms with Gasteiger partial charge < -0.3 is 9.80 Å². The highest BCUT2D eigenvalue weighted by molar-refractivity contribution is 7.89. The molecule has 2 aliphatic rings. The molecule has 1 aromatic carbocycles. The average Bonchev–Trinajstić information content (AvgIpc) is 3.32. The Morgan fingerprint density at radius 2 is 1.73 bits per heavy atom. The van der Waals surface area contributed by atoms with Gasteiger partial charge in [-0.25, -0.2) is 13.4 Å². The molecule has 4 heterocycles. The lowest BCUT2D eigenvalue weighted by Gasteiger charge is -2.36. The molecule has 0 saturated carbocycles. The van der Waals surface area contributed by atoms with Gasteiger partial charge in [0, 0.05) is 56.6 Å². The Balaban J connectivity index is 1.30. The van der Waals surface area contributed by atoms with Crippen LogP contribution in [0.3, 0.4) is 0 Å². The lowest BCUT2D eigenvalue weighted by atomic mass is 10.2. The molecule has 10 nitrogen and oxygen atoms in total. The number of benzene rings is 1. The van der Waals surface area contributed by atoms with Gasteiger partial charge in [-0.05, 0) is 38.0 Å². The standard InChI is InChI=1S/C22H27N7O3S/c1-17-14-20(29-22(25-17)23-16-24-29)26-10-12-27(13-11-26)21(30)18-6-5-7-19(15-18)33(31,32)28-8-3-2-4-9-28/h5-7,14-16H,2-4,8-13H2,1H3. The fraction of sp³-hybridized carbons (Fsp3) is 0.455. The van der Waals surface area contributed by atoms with Crippen molar-refractivity contribution < 1.29 is 13.2 Å². The molecule has 0 aliphatic carbocycles. The lowest BCUT2D eigenvalue weighted by molar-refractivity contribution is 0.0746. The number of hydrogen-bond donors (Lipinski definition) is 0. The molecule has 0 spiro atoms. The topological polar surface area (TPSA) is 104 Å². The summed E-state index contributed by atoms with van der Waals surface area (Å²) in [6.45, 7) is 5.32. The van der Waals surface area contributed by atoms with E-state index in [0.29, 0.717) is 50.6 Å². The van der Waals surface area contributed by atoms with Gasteiger partial charge in [0.1, 0.15) is 12.1 Å². The van der Waals surface area contributed by atoms with E-state index in [1.54, 1.807) is 27.6 Å². The largest absolute Gasteiger partial charge is 0.353 e. The van der Waals surface area contributed by atoms with E-state index in [9.17, 15) is 13.2 Å². The normalized spacial score (nSPS) is 18.1. The Labute approximate surface area is 192 Å². The van der Waals surface area contributed by atoms with Crippen molar-refractivity contribution in [2.45, 2.75) is 31.1 Å². The van der Waals surface area contributed by atoms with Gasteiger partial charge in [0.15, 0.2) is 0 Å². The number of carbonyl (C=O) groups excluding carboxylic acids is 1. The van der Waals surface area contributed by atoms with Crippen LogP contribution in [0.25, 0.3) is 5.78 Å². The summed E-state index contributed by atoms with van der Waals surface area (Å²) in [7, 11) is -3.58. The number of piperazine rings is 1. The minimum Gasteiger partial charge on any atom is -0.353 e. The first kappa shape index (κ1) is 21.8. The average molecular weight is 470 g/mol. The minimum absolute atomic E-state index is 0.151. The number of anilines is 1. The van der Waals surface area contributed by atoms with Crippen molar-refractivity contribution in [3.05, 3.63) is 47.9 Å². The molecule has 3 aromatic rings. The highest BCUT2D eigenvalue weighted by Crippen LogP contribution is 2.23. The van der Waals surface area contributed by atoms with E-state index in [0.717, 1.165) is 30.8 Å². The molecule has 33 heavy (non-hydrogen) atoms. The van der Waals surface area contributed by atoms with Gasteiger partial charge in [0.25, 0.3) is 11.7 Å². The van der Waals surface area contributed by atoms with Crippen molar-refractivity contribution in [1.29, 1.82) is 0 Å². The molecule has 0 radical (unpaired) electrons. The van der Waals surface area contributed by atoms with Crippen molar-refractivity contribution in [2.75, 3.05) is 44.2 Å². The Morgan fingerprint density at radius 1 is 0.970 bits per heavy atom. The molecular formula is C22H27N7O3S. The van der Waals surface area contributed by atoms with Gasteiger partial charge in [-0.1, -0.05) is 12.5 Å². The third-order valence-corrected chi connectivity index (χ3v) is 8.18. The first-order valence-electron chi connectivity index (χ1n) is 11.3. The summed E-state index contributed by atoms with van der Waals surface area (Å²) in [4.78, 5) is 25.9. The number of amides is 1. The first-order chi connectivity index (χ1) is 15.9. The molecule has 5 rings (SSSR count). The predicted octanol–water partition coefficient (Wildman–Crippen LogP) is 1.57. The highest BCUT2D eigenvalue weighted by atomic mass is 32.2. The summed E-state index contributed by atoms with van der Waals surface area (Å²) in [6.07, 6.45) is 4.29. The number of nitrogens with zero attached hydrogens (tertiary/aromatic N) is 7. The summed E-state index contributed by atoms with van der Waals surface area (Å²) in [6, 6.07) is 8.41. The smallest absolute Gasteiger partial charge is 0.254 e. The molecule has 2 aromatic heterocycles. The van der Waals surface area contributed by atoms with Crippen molar-refractivity contribution >= 4 is 27.5 Å². The number of sulfonamides is 1. The lowest BCUT2D eigenvalue weighted by Crippen LogP contribution is -2.49. The van der Waals surface area contributed by atoms with Gasteiger partial charge >= 0.3 is 0 Å². The Kier molecular flexibility index (Phi) is 5.75. The van der Waals surface area contributed by atoms with E-state index >= 15 is 0 Å². The maximum absolute atomic E-state index is 13.2. The van der Waals surface area contributed by atoms with Crippen LogP contribution in [-0.4, -0.2) is 82.4 Å². The van der Waals surface area contributed by atoms with Crippen LogP contribution in [0.15, 0.2) is 41.6 Å². The number of piperidine rings is 1. The van der Waals surface area contributed by atoms with Crippen LogP contribution >= 0.6 is 0 Å². The fourth-order valence-corrected chi connectivity index (χ4v) is 6.07. The molecule has 0 bridgehead atoms. The molecule has 174 valence electrons. The van der Waals surface area contributed by atoms with Gasteiger partial charge in [-0.15, -0.1) is 0 Å². The summed E-state index contributed by atoms with van der Waals surface area (Å²) in [5, 5.41) is 4.27. The Hall–Kier alpha value is -3.05. The molecule has 0 N–H and O–H groups in total. The molecular weight excluding hydrogens is 442 g/mol. The van der Waals surface area contributed by atoms with Crippen molar-refractivity contribution in [3.63, 3.8) is 0 Å². The zero-order valence-corrected chi connectivity index (χ0v) is 19.4. The first-order valence-corrected chi connectivity index (χ1v) is 12.7. The van der Waals surface area contributed by atoms with Gasteiger partial charge in [0.2, 0.25) is 10.0 Å². The zero-order valence-electron chi connectivity index (χ0n) is 18.6. The predicted molar refractivity (Wildman–Crippen MR) is 123 cm³/mol. The van der Waals surface area contributed by atoms with Crippen LogP contribution in [0.1, 0.15) is 35.3 Å². The summed E-state index contributed by atoms with van der Waals surface area (Å²) in [5.74, 6) is 1.30. The Bertz CT molecular complexity index is 1280. The number of aryl methyl sites for hydroxylation is 1. The van der Waals surface area contributed by atoms with Gasteiger partial charge in [-0.3, -0.25) is 4.79 Å². The fourth-order valence-electron chi connectivity index (χ4n) is 4.50. The number of fused-ring (bicyclic) bond motifs is 1. The van der Waals surface area contributed by atoms with E-state index in [1.807, 2.05) is 13.0 Å². The van der Waals surface area contributed by atoms with Crippen LogP contribution in [0, 0.1) is 6.92 Å². The van der Waals surface area contributed by atoms with E-state index in [4.69, 9.17) is 0 Å². The number of aromatic nitrogens is 4. The molecule has 1 amide bonds. The summed E-state index contributed by atoms with van der Waals surface area (Å²) in [5.41, 5.74) is 1.26. The Morgan fingerprint density at radius 3 is 2.48 bits per heavy atom. The SMILES string of the molecule is Cc1cc(N2CCN(C(=O)c3cccc(S(=O)(=O)N4CCCCC4)c3)CC2)n2ncnc2n1. The third kappa shape index (κ3) is 4.18. The van der Waals surface area contributed by atoms with Crippen LogP contribution in [0.2, 0.25) is 0 Å². The second kappa shape index (κ2) is 8.71. The monoisotopic (exact) mass is 469 g/mol. The van der Waals surface area contributed by atoms with E-state index in [-0.39, 0.29) is 10.8 Å². The molecule has 11 heteroatoms.